The lowest BCUT2D eigenvalue weighted by molar-refractivity contribution is -0.165. The SMILES string of the molecule is N[C@@H](CC(=O)N1CCn2c(nnc2C(F)(F)F)C1)Cc1cc(F)c(F)cc1F.N[C@@H](CC(=O)N1CCn2c(nnc2C(F)(F)F)C1)Cc1cc(F)c(F)cc1F.O.O=C(O)[C@H](O)[C@@H](O)C(=O)O.O=C(O)[C@H](O)[C@@H](O)C(=O)O. The Labute approximate surface area is 421 Å². The van der Waals surface area contributed by atoms with Crippen molar-refractivity contribution in [3.8, 4) is 0 Å². The Morgan fingerprint density at radius 1 is 0.481 bits per heavy atom. The van der Waals surface area contributed by atoms with Crippen molar-refractivity contribution in [3.05, 3.63) is 93.6 Å². The van der Waals surface area contributed by atoms with E-state index < -0.39 is 131 Å². The summed E-state index contributed by atoms with van der Waals surface area (Å²) in [6.07, 6.45) is -19.3. The van der Waals surface area contributed by atoms with Crippen LogP contribution in [-0.2, 0) is 80.1 Å². The molecule has 0 aliphatic carbocycles. The molecule has 2 amide bonds. The Morgan fingerprint density at radius 3 is 1.01 bits per heavy atom. The summed E-state index contributed by atoms with van der Waals surface area (Å²) in [5.74, 6) is -17.4. The number of nitrogens with zero attached hydrogens (tertiary/aromatic N) is 8. The topological polar surface area (TPSA) is 416 Å². The number of aliphatic hydroxyl groups is 4. The molecule has 2 aromatic carbocycles. The number of hydrogen-bond acceptors (Lipinski definition) is 16. The van der Waals surface area contributed by atoms with Crippen molar-refractivity contribution in [3.63, 3.8) is 0 Å². The lowest BCUT2D eigenvalue weighted by atomic mass is 10.0. The maximum Gasteiger partial charge on any atom is 0.451 e. The second kappa shape index (κ2) is 27.5. The number of carbonyl (C=O) groups excluding carboxylic acids is 2. The zero-order chi connectivity index (χ0) is 57.9. The molecule has 4 aromatic rings. The van der Waals surface area contributed by atoms with Gasteiger partial charge in [-0.2, -0.15) is 26.3 Å². The van der Waals surface area contributed by atoms with E-state index in [0.29, 0.717) is 24.3 Å². The van der Waals surface area contributed by atoms with Crippen LogP contribution in [0.25, 0.3) is 0 Å². The minimum atomic E-state index is -4.64. The van der Waals surface area contributed by atoms with E-state index in [2.05, 4.69) is 20.4 Å². The first kappa shape index (κ1) is 65.5. The molecule has 25 nitrogen and oxygen atoms in total. The first-order chi connectivity index (χ1) is 35.0. The Balaban J connectivity index is 0.000000388. The molecule has 2 aromatic heterocycles. The Bertz CT molecular complexity index is 2530. The molecule has 0 saturated carbocycles. The van der Waals surface area contributed by atoms with Crippen molar-refractivity contribution in [1.29, 1.82) is 0 Å². The first-order valence-electron chi connectivity index (χ1n) is 21.0. The van der Waals surface area contributed by atoms with Gasteiger partial charge in [0.1, 0.15) is 11.6 Å². The number of amides is 2. The average molecular weight is 1130 g/mol. The summed E-state index contributed by atoms with van der Waals surface area (Å²) in [5.41, 5.74) is 11.3. The van der Waals surface area contributed by atoms with Crippen LogP contribution in [0, 0.1) is 34.9 Å². The normalized spacial score (nSPS) is 15.4. The smallest absolute Gasteiger partial charge is 0.451 e. The fourth-order valence-electron chi connectivity index (χ4n) is 6.56. The Kier molecular flexibility index (Phi) is 23.4. The maximum absolute atomic E-state index is 13.7. The summed E-state index contributed by atoms with van der Waals surface area (Å²) in [4.78, 5) is 66.3. The quantitative estimate of drug-likeness (QED) is 0.0533. The number of nitrogens with two attached hydrogens (primary N) is 2. The van der Waals surface area contributed by atoms with E-state index in [1.807, 2.05) is 0 Å². The average Bonchev–Trinajstić information content (AvgIpc) is 3.97. The fourth-order valence-corrected chi connectivity index (χ4v) is 6.56. The number of aliphatic hydroxyl groups excluding tert-OH is 4. The monoisotopic (exact) mass is 1130 g/mol. The molecule has 2 aliphatic rings. The molecule has 37 heteroatoms. The van der Waals surface area contributed by atoms with Crippen LogP contribution in [0.1, 0.15) is 47.3 Å². The molecule has 6 atom stereocenters. The summed E-state index contributed by atoms with van der Waals surface area (Å²) < 4.78 is 159. The summed E-state index contributed by atoms with van der Waals surface area (Å²) in [5, 5.41) is 78.2. The maximum atomic E-state index is 13.7. The zero-order valence-corrected chi connectivity index (χ0v) is 38.6. The van der Waals surface area contributed by atoms with E-state index in [0.717, 1.165) is 9.13 Å². The zero-order valence-electron chi connectivity index (χ0n) is 38.6. The number of carboxylic acid groups (broad SMARTS) is 4. The van der Waals surface area contributed by atoms with Crippen molar-refractivity contribution in [2.45, 2.75) is 101 Å². The van der Waals surface area contributed by atoms with Gasteiger partial charge in [0.05, 0.1) is 13.1 Å². The molecule has 14 N–H and O–H groups in total. The largest absolute Gasteiger partial charge is 0.479 e. The Morgan fingerprint density at radius 2 is 0.753 bits per heavy atom. The van der Waals surface area contributed by atoms with Crippen molar-refractivity contribution in [1.82, 2.24) is 39.3 Å². The third-order valence-electron chi connectivity index (χ3n) is 10.3. The van der Waals surface area contributed by atoms with Crippen LogP contribution < -0.4 is 11.5 Å². The number of carbonyl (C=O) groups is 6. The van der Waals surface area contributed by atoms with Gasteiger partial charge in [-0.15, -0.1) is 20.4 Å². The molecule has 0 bridgehead atoms. The third kappa shape index (κ3) is 18.3. The molecule has 0 spiro atoms. The Hall–Kier alpha value is -7.58. The minimum Gasteiger partial charge on any atom is -0.479 e. The number of aliphatic carboxylic acids is 4. The minimum absolute atomic E-state index is 0. The van der Waals surface area contributed by atoms with Crippen LogP contribution in [0.15, 0.2) is 24.3 Å². The highest BCUT2D eigenvalue weighted by Crippen LogP contribution is 2.31. The number of aromatic nitrogens is 6. The van der Waals surface area contributed by atoms with Crippen molar-refractivity contribution < 1.29 is 128 Å². The van der Waals surface area contributed by atoms with Gasteiger partial charge in [-0.25, -0.2) is 45.5 Å². The van der Waals surface area contributed by atoms with Gasteiger partial charge in [0.25, 0.3) is 0 Å². The highest BCUT2D eigenvalue weighted by molar-refractivity contribution is 5.83. The molecule has 0 fully saturated rings. The lowest BCUT2D eigenvalue weighted by Gasteiger charge is -2.29. The molecule has 0 saturated heterocycles. The number of benzene rings is 2. The standard InChI is InChI=1S/2C16H15F6N5O.2C4H6O6.H2O/c2*17-10-6-12(19)11(18)4-8(10)3-9(23)5-14(28)26-1-2-27-13(7-26)24-25-15(27)16(20,21)22;2*5-1(3(7)8)2(6)4(9)10;/h2*4,6,9H,1-3,5,7,23H2;2*1-2,5-6H,(H,7,8)(H,9,10);1H2/t2*9-;2*1-,2-;/m1111./s1. The van der Waals surface area contributed by atoms with Gasteiger partial charge >= 0.3 is 36.2 Å². The number of alkyl halides is 6. The molecule has 428 valence electrons. The van der Waals surface area contributed by atoms with E-state index in [1.54, 1.807) is 0 Å². The van der Waals surface area contributed by atoms with Gasteiger partial charge < -0.3 is 76.7 Å². The van der Waals surface area contributed by atoms with E-state index in [1.165, 1.54) is 9.80 Å². The van der Waals surface area contributed by atoms with Gasteiger partial charge in [0, 0.05) is 63.2 Å². The van der Waals surface area contributed by atoms with Gasteiger partial charge in [0.2, 0.25) is 23.5 Å². The lowest BCUT2D eigenvalue weighted by Crippen LogP contribution is -2.42. The second-order valence-corrected chi connectivity index (χ2v) is 16.0. The fraction of sp³-hybridized carbons (Fsp3) is 0.450. The van der Waals surface area contributed by atoms with E-state index in [9.17, 15) is 81.5 Å². The summed E-state index contributed by atoms with van der Waals surface area (Å²) in [6.45, 7) is -0.604. The molecule has 0 unspecified atom stereocenters. The van der Waals surface area contributed by atoms with Crippen molar-refractivity contribution in [2.75, 3.05) is 13.1 Å². The molecule has 0 radical (unpaired) electrons. The van der Waals surface area contributed by atoms with Crippen molar-refractivity contribution >= 4 is 35.7 Å². The predicted molar refractivity (Wildman–Crippen MR) is 224 cm³/mol. The molecule has 77 heavy (non-hydrogen) atoms. The second-order valence-electron chi connectivity index (χ2n) is 16.0. The van der Waals surface area contributed by atoms with Gasteiger partial charge in [-0.3, -0.25) is 9.59 Å². The van der Waals surface area contributed by atoms with Gasteiger partial charge in [-0.1, -0.05) is 0 Å². The number of hydrogen-bond donors (Lipinski definition) is 10. The highest BCUT2D eigenvalue weighted by atomic mass is 19.4. The number of halogens is 12. The molecular formula is C40H44F12N10O15. The molecule has 4 heterocycles. The molecule has 2 aliphatic heterocycles. The number of rotatable bonds is 14. The molecule has 6 rings (SSSR count). The molecular weight excluding hydrogens is 1090 g/mol. The van der Waals surface area contributed by atoms with E-state index in [-0.39, 0.29) is 93.2 Å². The van der Waals surface area contributed by atoms with Crippen molar-refractivity contribution in [2.24, 2.45) is 11.5 Å². The van der Waals surface area contributed by atoms with Crippen LogP contribution in [0.5, 0.6) is 0 Å². The van der Waals surface area contributed by atoms with Crippen LogP contribution in [0.3, 0.4) is 0 Å². The first-order valence-corrected chi connectivity index (χ1v) is 21.0. The summed E-state index contributed by atoms with van der Waals surface area (Å²) in [7, 11) is 0. The number of fused-ring (bicyclic) bond motifs is 2. The third-order valence-corrected chi connectivity index (χ3v) is 10.3. The summed E-state index contributed by atoms with van der Waals surface area (Å²) in [6, 6.07) is 0.368. The van der Waals surface area contributed by atoms with Gasteiger partial charge in [-0.05, 0) is 36.1 Å². The van der Waals surface area contributed by atoms with Crippen LogP contribution >= 0.6 is 0 Å². The van der Waals surface area contributed by atoms with Crippen LogP contribution in [-0.4, -0.2) is 171 Å². The highest BCUT2D eigenvalue weighted by Gasteiger charge is 2.41. The number of carboxylic acids is 4. The van der Waals surface area contributed by atoms with E-state index >= 15 is 0 Å². The summed E-state index contributed by atoms with van der Waals surface area (Å²) >= 11 is 0. The predicted octanol–water partition coefficient (Wildman–Crippen LogP) is -1.04. The van der Waals surface area contributed by atoms with E-state index in [4.69, 9.17) is 52.3 Å². The van der Waals surface area contributed by atoms with Crippen LogP contribution in [0.2, 0.25) is 0 Å². The van der Waals surface area contributed by atoms with Crippen LogP contribution in [0.4, 0.5) is 52.7 Å². The van der Waals surface area contributed by atoms with Gasteiger partial charge in [0.15, 0.2) is 59.3 Å².